The Morgan fingerprint density at radius 1 is 1.47 bits per heavy atom. The van der Waals surface area contributed by atoms with Crippen molar-refractivity contribution in [2.45, 2.75) is 13.8 Å². The molecule has 0 unspecified atom stereocenters. The van der Waals surface area contributed by atoms with E-state index in [0.29, 0.717) is 13.2 Å². The van der Waals surface area contributed by atoms with Gasteiger partial charge in [0.05, 0.1) is 13.2 Å². The van der Waals surface area contributed by atoms with E-state index in [1.54, 1.807) is 25.6 Å². The Morgan fingerprint density at radius 3 is 2.60 bits per heavy atom. The van der Waals surface area contributed by atoms with Crippen molar-refractivity contribution in [1.29, 1.82) is 0 Å². The maximum absolute atomic E-state index is 12.0. The molecular formula is C9H16NO3PS. The van der Waals surface area contributed by atoms with Crippen LogP contribution < -0.4 is 0 Å². The quantitative estimate of drug-likeness (QED) is 0.679. The van der Waals surface area contributed by atoms with Crippen LogP contribution in [0.15, 0.2) is 16.5 Å². The maximum atomic E-state index is 12.0. The molecule has 1 rings (SSSR count). The van der Waals surface area contributed by atoms with Crippen LogP contribution in [0.1, 0.15) is 13.8 Å². The molecule has 0 radical (unpaired) electrons. The fourth-order valence-corrected chi connectivity index (χ4v) is 3.18. The number of hydrogen-bond acceptors (Lipinski definition) is 5. The highest BCUT2D eigenvalue weighted by Crippen LogP contribution is 2.48. The highest BCUT2D eigenvalue weighted by molar-refractivity contribution is 8.03. The van der Waals surface area contributed by atoms with E-state index >= 15 is 0 Å². The van der Waals surface area contributed by atoms with Crippen LogP contribution in [0.4, 0.5) is 0 Å². The molecule has 0 saturated carbocycles. The summed E-state index contributed by atoms with van der Waals surface area (Å²) < 4.78 is 22.2. The molecule has 0 aromatic carbocycles. The molecule has 0 aromatic rings. The summed E-state index contributed by atoms with van der Waals surface area (Å²) in [6.07, 6.45) is 2.04. The molecule has 15 heavy (non-hydrogen) atoms. The first kappa shape index (κ1) is 13.0. The molecule has 0 N–H and O–H groups in total. The minimum Gasteiger partial charge on any atom is -0.308 e. The Labute approximate surface area is 94.7 Å². The molecule has 0 saturated heterocycles. The number of rotatable bonds is 6. The lowest BCUT2D eigenvalue weighted by molar-refractivity contribution is 0.221. The normalized spacial score (nSPS) is 18.9. The molecule has 0 fully saturated rings. The van der Waals surface area contributed by atoms with Crippen LogP contribution in [0.5, 0.6) is 0 Å². The van der Waals surface area contributed by atoms with Crippen molar-refractivity contribution in [2.24, 2.45) is 4.99 Å². The summed E-state index contributed by atoms with van der Waals surface area (Å²) in [6, 6.07) is 0. The topological polar surface area (TPSA) is 47.9 Å². The van der Waals surface area contributed by atoms with E-state index in [1.807, 2.05) is 11.5 Å². The zero-order valence-corrected chi connectivity index (χ0v) is 10.7. The second-order valence-electron chi connectivity index (χ2n) is 2.85. The Morgan fingerprint density at radius 2 is 2.13 bits per heavy atom. The maximum Gasteiger partial charge on any atom is 0.351 e. The van der Waals surface area contributed by atoms with Crippen LogP contribution >= 0.6 is 19.4 Å². The predicted octanol–water partition coefficient (Wildman–Crippen LogP) is 2.91. The van der Waals surface area contributed by atoms with Crippen LogP contribution in [0.25, 0.3) is 0 Å². The highest BCUT2D eigenvalue weighted by atomic mass is 32.2. The van der Waals surface area contributed by atoms with Crippen molar-refractivity contribution in [2.75, 3.05) is 25.3 Å². The van der Waals surface area contributed by atoms with Gasteiger partial charge in [-0.1, -0.05) is 0 Å². The Bertz CT molecular complexity index is 294. The van der Waals surface area contributed by atoms with Crippen molar-refractivity contribution in [3.8, 4) is 0 Å². The summed E-state index contributed by atoms with van der Waals surface area (Å²) >= 11 is 1.68. The average molecular weight is 249 g/mol. The van der Waals surface area contributed by atoms with Gasteiger partial charge in [0.2, 0.25) is 0 Å². The molecule has 0 aromatic heterocycles. The zero-order valence-electron chi connectivity index (χ0n) is 9.01. The van der Waals surface area contributed by atoms with Gasteiger partial charge in [0.15, 0.2) is 0 Å². The summed E-state index contributed by atoms with van der Waals surface area (Å²) in [5, 5.41) is 1.98. The largest absolute Gasteiger partial charge is 0.351 e. The molecule has 0 aliphatic carbocycles. The van der Waals surface area contributed by atoms with Gasteiger partial charge in [0.1, 0.15) is 6.29 Å². The van der Waals surface area contributed by atoms with E-state index in [4.69, 9.17) is 9.05 Å². The third-order valence-corrected chi connectivity index (χ3v) is 4.27. The summed E-state index contributed by atoms with van der Waals surface area (Å²) in [6.45, 7) is 4.35. The smallest absolute Gasteiger partial charge is 0.308 e. The monoisotopic (exact) mass is 249 g/mol. The molecule has 6 heteroatoms. The van der Waals surface area contributed by atoms with Gasteiger partial charge in [0.25, 0.3) is 0 Å². The van der Waals surface area contributed by atoms with E-state index in [9.17, 15) is 4.57 Å². The first-order valence-electron chi connectivity index (χ1n) is 4.90. The Hall–Kier alpha value is -0.0900. The lowest BCUT2D eigenvalue weighted by atomic mass is 10.4. The van der Waals surface area contributed by atoms with Crippen LogP contribution in [0.3, 0.4) is 0 Å². The predicted molar refractivity (Wildman–Crippen MR) is 64.8 cm³/mol. The first-order valence-corrected chi connectivity index (χ1v) is 7.67. The molecule has 4 nitrogen and oxygen atoms in total. The van der Waals surface area contributed by atoms with Crippen molar-refractivity contribution < 1.29 is 13.6 Å². The molecule has 0 amide bonds. The van der Waals surface area contributed by atoms with E-state index in [1.165, 1.54) is 0 Å². The fourth-order valence-electron chi connectivity index (χ4n) is 1.10. The van der Waals surface area contributed by atoms with Crippen molar-refractivity contribution in [3.05, 3.63) is 11.5 Å². The second kappa shape index (κ2) is 6.48. The second-order valence-corrected chi connectivity index (χ2v) is 5.77. The van der Waals surface area contributed by atoms with E-state index < -0.39 is 7.60 Å². The molecule has 0 atom stereocenters. The van der Waals surface area contributed by atoms with Crippen LogP contribution in [-0.2, 0) is 13.6 Å². The molecule has 86 valence electrons. The van der Waals surface area contributed by atoms with Crippen molar-refractivity contribution in [1.82, 2.24) is 0 Å². The minimum atomic E-state index is -3.00. The summed E-state index contributed by atoms with van der Waals surface area (Å²) in [4.78, 5) is 4.23. The van der Waals surface area contributed by atoms with Crippen molar-refractivity contribution >= 4 is 25.1 Å². The van der Waals surface area contributed by atoms with Gasteiger partial charge >= 0.3 is 7.60 Å². The molecule has 1 aliphatic heterocycles. The lowest BCUT2D eigenvalue weighted by Gasteiger charge is -2.14. The fraction of sp³-hybridized carbons (Fsp3) is 0.667. The number of hydrogen-bond donors (Lipinski definition) is 0. The molecule has 0 bridgehead atoms. The van der Waals surface area contributed by atoms with Crippen molar-refractivity contribution in [3.63, 3.8) is 0 Å². The van der Waals surface area contributed by atoms with Gasteiger partial charge < -0.3 is 9.05 Å². The number of allylic oxidation sites excluding steroid dienone is 1. The number of aliphatic imine (C=N–C) groups is 1. The van der Waals surface area contributed by atoms with Gasteiger partial charge in [-0.05, 0) is 25.3 Å². The lowest BCUT2D eigenvalue weighted by Crippen LogP contribution is -2.01. The first-order chi connectivity index (χ1) is 7.20. The average Bonchev–Trinajstić information content (AvgIpc) is 2.68. The third-order valence-electron chi connectivity index (χ3n) is 1.69. The number of nitrogens with zero attached hydrogens (tertiary/aromatic N) is 1. The molecule has 1 aliphatic rings. The standard InChI is InChI=1S/C9H16NO3PS/c1-3-12-14(11,13-4-2)8-10-9-5-6-15-7-9/h5-6H,3-4,7-8H2,1-2H3. The van der Waals surface area contributed by atoms with E-state index in [2.05, 4.69) is 4.99 Å². The van der Waals surface area contributed by atoms with E-state index in [0.717, 1.165) is 11.5 Å². The van der Waals surface area contributed by atoms with Gasteiger partial charge in [0, 0.05) is 11.5 Å². The Kier molecular flexibility index (Phi) is 5.61. The summed E-state index contributed by atoms with van der Waals surface area (Å²) in [7, 11) is -3.00. The van der Waals surface area contributed by atoms with Crippen LogP contribution in [0, 0.1) is 0 Å². The summed E-state index contributed by atoms with van der Waals surface area (Å²) in [5.74, 6) is 0.845. The van der Waals surface area contributed by atoms with Crippen LogP contribution in [0.2, 0.25) is 0 Å². The molecular weight excluding hydrogens is 233 g/mol. The van der Waals surface area contributed by atoms with Gasteiger partial charge in [-0.15, -0.1) is 11.8 Å². The number of thioether (sulfide) groups is 1. The molecule has 1 heterocycles. The summed E-state index contributed by atoms with van der Waals surface area (Å²) in [5.41, 5.74) is 0.944. The van der Waals surface area contributed by atoms with E-state index in [-0.39, 0.29) is 6.29 Å². The van der Waals surface area contributed by atoms with Gasteiger partial charge in [-0.3, -0.25) is 9.56 Å². The third kappa shape index (κ3) is 4.51. The zero-order chi connectivity index (χ0) is 11.1. The highest BCUT2D eigenvalue weighted by Gasteiger charge is 2.23. The minimum absolute atomic E-state index is 0.120. The Balaban J connectivity index is 2.54. The van der Waals surface area contributed by atoms with Gasteiger partial charge in [-0.25, -0.2) is 0 Å². The SMILES string of the molecule is CCOP(=O)(CN=C1C=CSC1)OCC. The van der Waals surface area contributed by atoms with Gasteiger partial charge in [-0.2, -0.15) is 0 Å². The van der Waals surface area contributed by atoms with Crippen LogP contribution in [-0.4, -0.2) is 31.0 Å². The molecule has 0 spiro atoms.